The van der Waals surface area contributed by atoms with Crippen LogP contribution in [-0.4, -0.2) is 19.1 Å². The van der Waals surface area contributed by atoms with Crippen molar-refractivity contribution in [1.82, 2.24) is 5.32 Å². The van der Waals surface area contributed by atoms with Crippen molar-refractivity contribution in [1.29, 1.82) is 0 Å². The number of ketones is 1. The second kappa shape index (κ2) is 6.15. The van der Waals surface area contributed by atoms with Gasteiger partial charge in [-0.25, -0.2) is 4.39 Å². The number of ether oxygens (including phenoxy) is 2. The molecule has 4 nitrogen and oxygen atoms in total. The highest BCUT2D eigenvalue weighted by atomic mass is 19.1. The van der Waals surface area contributed by atoms with Gasteiger partial charge in [-0.2, -0.15) is 0 Å². The summed E-state index contributed by atoms with van der Waals surface area (Å²) in [6.07, 6.45) is 0. The maximum atomic E-state index is 13.5. The number of fused-ring (bicyclic) bond motifs is 1. The largest absolute Gasteiger partial charge is 0.454 e. The zero-order chi connectivity index (χ0) is 15.5. The number of rotatable bonds is 5. The zero-order valence-electron chi connectivity index (χ0n) is 12.2. The molecule has 0 aliphatic carbocycles. The SMILES string of the molecule is Cc1ccc(C(=O)CNCc2ccc3c(c2)OCO3)cc1F. The second-order valence-corrected chi connectivity index (χ2v) is 5.18. The van der Waals surface area contributed by atoms with Crippen molar-refractivity contribution in [3.05, 3.63) is 58.9 Å². The van der Waals surface area contributed by atoms with Crippen molar-refractivity contribution < 1.29 is 18.7 Å². The molecule has 1 aliphatic heterocycles. The molecule has 2 aromatic carbocycles. The first kappa shape index (κ1) is 14.5. The Kier molecular flexibility index (Phi) is 4.06. The average molecular weight is 301 g/mol. The van der Waals surface area contributed by atoms with E-state index in [9.17, 15) is 9.18 Å². The van der Waals surface area contributed by atoms with Gasteiger partial charge in [0.15, 0.2) is 17.3 Å². The van der Waals surface area contributed by atoms with Gasteiger partial charge in [0.2, 0.25) is 6.79 Å². The molecule has 0 amide bonds. The quantitative estimate of drug-likeness (QED) is 0.863. The Morgan fingerprint density at radius 2 is 2.00 bits per heavy atom. The summed E-state index contributed by atoms with van der Waals surface area (Å²) < 4.78 is 24.0. The van der Waals surface area contributed by atoms with Gasteiger partial charge in [-0.3, -0.25) is 4.79 Å². The lowest BCUT2D eigenvalue weighted by Gasteiger charge is -2.06. The number of aryl methyl sites for hydroxylation is 1. The predicted molar refractivity (Wildman–Crippen MR) is 79.7 cm³/mol. The van der Waals surface area contributed by atoms with Gasteiger partial charge in [-0.15, -0.1) is 0 Å². The van der Waals surface area contributed by atoms with E-state index in [2.05, 4.69) is 5.32 Å². The molecule has 1 heterocycles. The molecule has 0 atom stereocenters. The van der Waals surface area contributed by atoms with Crippen LogP contribution in [-0.2, 0) is 6.54 Å². The Morgan fingerprint density at radius 3 is 2.82 bits per heavy atom. The number of hydrogen-bond donors (Lipinski definition) is 1. The number of nitrogens with one attached hydrogen (secondary N) is 1. The van der Waals surface area contributed by atoms with Gasteiger partial charge >= 0.3 is 0 Å². The lowest BCUT2D eigenvalue weighted by molar-refractivity contribution is 0.0990. The summed E-state index contributed by atoms with van der Waals surface area (Å²) in [4.78, 5) is 12.0. The van der Waals surface area contributed by atoms with Gasteiger partial charge < -0.3 is 14.8 Å². The molecule has 0 fully saturated rings. The molecule has 114 valence electrons. The summed E-state index contributed by atoms with van der Waals surface area (Å²) in [6.45, 7) is 2.58. The van der Waals surface area contributed by atoms with E-state index < -0.39 is 0 Å². The summed E-state index contributed by atoms with van der Waals surface area (Å²) in [7, 11) is 0. The van der Waals surface area contributed by atoms with Crippen molar-refractivity contribution >= 4 is 5.78 Å². The number of carbonyl (C=O) groups excluding carboxylic acids is 1. The van der Waals surface area contributed by atoms with Gasteiger partial charge in [0.25, 0.3) is 0 Å². The molecular weight excluding hydrogens is 285 g/mol. The van der Waals surface area contributed by atoms with E-state index in [4.69, 9.17) is 9.47 Å². The number of carbonyl (C=O) groups is 1. The number of halogens is 1. The minimum Gasteiger partial charge on any atom is -0.454 e. The minimum absolute atomic E-state index is 0.139. The minimum atomic E-state index is -0.360. The van der Waals surface area contributed by atoms with Crippen molar-refractivity contribution in [2.45, 2.75) is 13.5 Å². The summed E-state index contributed by atoms with van der Waals surface area (Å²) in [5.41, 5.74) is 1.90. The molecule has 5 heteroatoms. The molecule has 22 heavy (non-hydrogen) atoms. The Balaban J connectivity index is 1.56. The molecule has 0 radical (unpaired) electrons. The van der Waals surface area contributed by atoms with Crippen LogP contribution in [0.1, 0.15) is 21.5 Å². The summed E-state index contributed by atoms with van der Waals surface area (Å²) in [6, 6.07) is 10.2. The van der Waals surface area contributed by atoms with Crippen LogP contribution < -0.4 is 14.8 Å². The molecule has 3 rings (SSSR count). The van der Waals surface area contributed by atoms with Gasteiger partial charge in [0.1, 0.15) is 5.82 Å². The summed E-state index contributed by atoms with van der Waals surface area (Å²) in [5, 5.41) is 3.06. The molecule has 0 bridgehead atoms. The molecule has 1 N–H and O–H groups in total. The first-order valence-corrected chi connectivity index (χ1v) is 7.02. The number of hydrogen-bond acceptors (Lipinski definition) is 4. The van der Waals surface area contributed by atoms with Gasteiger partial charge in [0.05, 0.1) is 6.54 Å². The van der Waals surface area contributed by atoms with E-state index in [1.54, 1.807) is 19.1 Å². The molecular formula is C17H16FNO3. The number of benzene rings is 2. The molecule has 0 saturated heterocycles. The molecule has 2 aromatic rings. The highest BCUT2D eigenvalue weighted by molar-refractivity contribution is 5.97. The fourth-order valence-corrected chi connectivity index (χ4v) is 2.24. The topological polar surface area (TPSA) is 47.6 Å². The van der Waals surface area contributed by atoms with Crippen LogP contribution in [0.4, 0.5) is 4.39 Å². The monoisotopic (exact) mass is 301 g/mol. The van der Waals surface area contributed by atoms with Crippen LogP contribution in [0.25, 0.3) is 0 Å². The Bertz CT molecular complexity index is 715. The highest BCUT2D eigenvalue weighted by Crippen LogP contribution is 2.32. The van der Waals surface area contributed by atoms with E-state index in [0.717, 1.165) is 11.3 Å². The van der Waals surface area contributed by atoms with Gasteiger partial charge in [-0.1, -0.05) is 18.2 Å². The van der Waals surface area contributed by atoms with E-state index >= 15 is 0 Å². The maximum Gasteiger partial charge on any atom is 0.231 e. The lowest BCUT2D eigenvalue weighted by atomic mass is 10.1. The van der Waals surface area contributed by atoms with Gasteiger partial charge in [-0.05, 0) is 36.2 Å². The van der Waals surface area contributed by atoms with E-state index in [-0.39, 0.29) is 24.9 Å². The smallest absolute Gasteiger partial charge is 0.231 e. The normalized spacial score (nSPS) is 12.5. The van der Waals surface area contributed by atoms with Crippen molar-refractivity contribution in [2.24, 2.45) is 0 Å². The van der Waals surface area contributed by atoms with Crippen LogP contribution in [0.15, 0.2) is 36.4 Å². The van der Waals surface area contributed by atoms with E-state index in [1.165, 1.54) is 6.07 Å². The molecule has 0 saturated carbocycles. The average Bonchev–Trinajstić information content (AvgIpc) is 2.97. The fraction of sp³-hybridized carbons (Fsp3) is 0.235. The highest BCUT2D eigenvalue weighted by Gasteiger charge is 2.13. The maximum absolute atomic E-state index is 13.5. The van der Waals surface area contributed by atoms with Crippen LogP contribution in [0, 0.1) is 12.7 Å². The standard InChI is InChI=1S/C17H16FNO3/c1-11-2-4-13(7-14(11)18)15(20)9-19-8-12-3-5-16-17(6-12)22-10-21-16/h2-7,19H,8-10H2,1H3. The van der Waals surface area contributed by atoms with Crippen LogP contribution in [0.3, 0.4) is 0 Å². The fourth-order valence-electron chi connectivity index (χ4n) is 2.24. The predicted octanol–water partition coefficient (Wildman–Crippen LogP) is 2.84. The van der Waals surface area contributed by atoms with Gasteiger partial charge in [0, 0.05) is 12.1 Å². The molecule has 0 aromatic heterocycles. The third-order valence-electron chi connectivity index (χ3n) is 3.55. The van der Waals surface area contributed by atoms with Crippen LogP contribution in [0.2, 0.25) is 0 Å². The summed E-state index contributed by atoms with van der Waals surface area (Å²) >= 11 is 0. The van der Waals surface area contributed by atoms with Crippen LogP contribution in [0.5, 0.6) is 11.5 Å². The summed E-state index contributed by atoms with van der Waals surface area (Å²) in [5.74, 6) is 0.947. The van der Waals surface area contributed by atoms with Crippen molar-refractivity contribution in [3.63, 3.8) is 0 Å². The van der Waals surface area contributed by atoms with E-state index in [1.807, 2.05) is 18.2 Å². The second-order valence-electron chi connectivity index (χ2n) is 5.18. The van der Waals surface area contributed by atoms with Crippen molar-refractivity contribution in [2.75, 3.05) is 13.3 Å². The third kappa shape index (κ3) is 3.09. The van der Waals surface area contributed by atoms with Crippen LogP contribution >= 0.6 is 0 Å². The first-order chi connectivity index (χ1) is 10.6. The molecule has 1 aliphatic rings. The van der Waals surface area contributed by atoms with E-state index in [0.29, 0.717) is 23.4 Å². The molecule has 0 spiro atoms. The first-order valence-electron chi connectivity index (χ1n) is 7.02. The van der Waals surface area contributed by atoms with Crippen molar-refractivity contribution in [3.8, 4) is 11.5 Å². The Hall–Kier alpha value is -2.40. The third-order valence-corrected chi connectivity index (χ3v) is 3.55. The lowest BCUT2D eigenvalue weighted by Crippen LogP contribution is -2.22. The molecule has 0 unspecified atom stereocenters. The number of Topliss-reactive ketones (excluding diaryl/α,β-unsaturated/α-hetero) is 1. The zero-order valence-corrected chi connectivity index (χ0v) is 12.2. The Morgan fingerprint density at radius 1 is 1.18 bits per heavy atom. The Labute approximate surface area is 127 Å².